The zero-order valence-corrected chi connectivity index (χ0v) is 12.5. The van der Waals surface area contributed by atoms with E-state index in [-0.39, 0.29) is 16.8 Å². The third-order valence-corrected chi connectivity index (χ3v) is 5.28. The van der Waals surface area contributed by atoms with E-state index in [1.807, 2.05) is 24.4 Å². The second-order valence-electron chi connectivity index (χ2n) is 4.09. The Morgan fingerprint density at radius 1 is 1.40 bits per heavy atom. The maximum absolute atomic E-state index is 12.4. The van der Waals surface area contributed by atoms with Crippen LogP contribution in [-0.2, 0) is 10.0 Å². The number of aromatic nitrogens is 1. The van der Waals surface area contributed by atoms with Crippen LogP contribution in [0.5, 0.6) is 0 Å². The summed E-state index contributed by atoms with van der Waals surface area (Å²) in [4.78, 5) is 4.92. The maximum atomic E-state index is 12.4. The molecule has 4 N–H and O–H groups in total. The van der Waals surface area contributed by atoms with E-state index in [0.29, 0.717) is 6.42 Å². The second-order valence-corrected chi connectivity index (χ2v) is 6.75. The molecule has 2 aromatic heterocycles. The zero-order valence-electron chi connectivity index (χ0n) is 10.9. The van der Waals surface area contributed by atoms with Crippen LogP contribution in [0.15, 0.2) is 40.7 Å². The van der Waals surface area contributed by atoms with Gasteiger partial charge in [0.05, 0.1) is 6.04 Å². The highest BCUT2D eigenvalue weighted by molar-refractivity contribution is 7.89. The van der Waals surface area contributed by atoms with Gasteiger partial charge in [0.1, 0.15) is 4.90 Å². The highest BCUT2D eigenvalue weighted by Gasteiger charge is 2.23. The molecule has 0 saturated heterocycles. The van der Waals surface area contributed by atoms with Crippen LogP contribution in [0.25, 0.3) is 0 Å². The van der Waals surface area contributed by atoms with Crippen molar-refractivity contribution in [2.75, 3.05) is 5.43 Å². The number of nitrogens with two attached hydrogens (primary N) is 1. The number of thiophene rings is 1. The van der Waals surface area contributed by atoms with E-state index < -0.39 is 10.0 Å². The van der Waals surface area contributed by atoms with Crippen molar-refractivity contribution in [3.63, 3.8) is 0 Å². The summed E-state index contributed by atoms with van der Waals surface area (Å²) in [5, 5.41) is 1.92. The zero-order chi connectivity index (χ0) is 14.6. The Kier molecular flexibility index (Phi) is 4.71. The number of nitrogens with zero attached hydrogens (tertiary/aromatic N) is 1. The van der Waals surface area contributed by atoms with Gasteiger partial charge < -0.3 is 5.43 Å². The van der Waals surface area contributed by atoms with Crippen LogP contribution in [0.2, 0.25) is 0 Å². The fourth-order valence-electron chi connectivity index (χ4n) is 1.80. The van der Waals surface area contributed by atoms with Gasteiger partial charge in [-0.05, 0) is 30.0 Å². The SMILES string of the molecule is CCC(NS(=O)(=O)c1cccnc1NN)c1cccs1. The molecule has 1 unspecified atom stereocenters. The van der Waals surface area contributed by atoms with E-state index in [1.54, 1.807) is 6.07 Å². The standard InChI is InChI=1S/C12H16N4O2S2/c1-2-9(10-5-4-8-19-10)16-20(17,18)11-6-3-7-14-12(11)15-13/h3-9,16H,2,13H2,1H3,(H,14,15). The van der Waals surface area contributed by atoms with Crippen LogP contribution in [-0.4, -0.2) is 13.4 Å². The molecule has 6 nitrogen and oxygen atoms in total. The summed E-state index contributed by atoms with van der Waals surface area (Å²) in [5.41, 5.74) is 2.30. The molecule has 2 aromatic rings. The number of nitrogens with one attached hydrogen (secondary N) is 2. The van der Waals surface area contributed by atoms with Crippen LogP contribution >= 0.6 is 11.3 Å². The fraction of sp³-hybridized carbons (Fsp3) is 0.250. The molecule has 20 heavy (non-hydrogen) atoms. The molecule has 8 heteroatoms. The molecule has 0 amide bonds. The predicted molar refractivity (Wildman–Crippen MR) is 79.7 cm³/mol. The van der Waals surface area contributed by atoms with Crippen molar-refractivity contribution in [1.29, 1.82) is 0 Å². The van der Waals surface area contributed by atoms with Gasteiger partial charge in [0.2, 0.25) is 10.0 Å². The summed E-state index contributed by atoms with van der Waals surface area (Å²) >= 11 is 1.52. The lowest BCUT2D eigenvalue weighted by molar-refractivity contribution is 0.553. The minimum atomic E-state index is -3.69. The molecule has 0 aliphatic carbocycles. The molecule has 0 spiro atoms. The van der Waals surface area contributed by atoms with Crippen molar-refractivity contribution in [2.45, 2.75) is 24.3 Å². The van der Waals surface area contributed by atoms with E-state index in [9.17, 15) is 8.42 Å². The number of sulfonamides is 1. The van der Waals surface area contributed by atoms with Crippen molar-refractivity contribution in [3.8, 4) is 0 Å². The van der Waals surface area contributed by atoms with Crippen molar-refractivity contribution in [3.05, 3.63) is 40.7 Å². The lowest BCUT2D eigenvalue weighted by Crippen LogP contribution is -2.29. The number of anilines is 1. The molecule has 2 rings (SSSR count). The highest BCUT2D eigenvalue weighted by Crippen LogP contribution is 2.25. The average Bonchev–Trinajstić information content (AvgIpc) is 2.98. The quantitative estimate of drug-likeness (QED) is 0.559. The van der Waals surface area contributed by atoms with Gasteiger partial charge in [-0.3, -0.25) is 0 Å². The van der Waals surface area contributed by atoms with E-state index in [4.69, 9.17) is 5.84 Å². The first kappa shape index (κ1) is 14.9. The van der Waals surface area contributed by atoms with Gasteiger partial charge in [0.15, 0.2) is 5.82 Å². The topological polar surface area (TPSA) is 97.1 Å². The first-order chi connectivity index (χ1) is 9.58. The first-order valence-corrected chi connectivity index (χ1v) is 8.42. The van der Waals surface area contributed by atoms with E-state index >= 15 is 0 Å². The Labute approximate surface area is 122 Å². The average molecular weight is 312 g/mol. The Hall–Kier alpha value is -1.48. The van der Waals surface area contributed by atoms with Crippen LogP contribution in [0.3, 0.4) is 0 Å². The van der Waals surface area contributed by atoms with Crippen LogP contribution < -0.4 is 16.0 Å². The molecular weight excluding hydrogens is 296 g/mol. The summed E-state index contributed by atoms with van der Waals surface area (Å²) in [6.07, 6.45) is 2.14. The van der Waals surface area contributed by atoms with E-state index in [0.717, 1.165) is 4.88 Å². The molecule has 2 heterocycles. The van der Waals surface area contributed by atoms with Crippen molar-refractivity contribution < 1.29 is 8.42 Å². The number of hydrogen-bond donors (Lipinski definition) is 3. The second kappa shape index (κ2) is 6.31. The molecule has 0 aliphatic rings. The molecule has 0 aliphatic heterocycles. The van der Waals surface area contributed by atoms with Crippen molar-refractivity contribution >= 4 is 27.2 Å². The lowest BCUT2D eigenvalue weighted by atomic mass is 10.2. The van der Waals surface area contributed by atoms with Gasteiger partial charge in [0.25, 0.3) is 0 Å². The van der Waals surface area contributed by atoms with Crippen LogP contribution in [0.1, 0.15) is 24.3 Å². The van der Waals surface area contributed by atoms with Crippen LogP contribution in [0, 0.1) is 0 Å². The van der Waals surface area contributed by atoms with E-state index in [2.05, 4.69) is 15.1 Å². The molecule has 0 aromatic carbocycles. The molecule has 0 saturated carbocycles. The number of hydrogen-bond acceptors (Lipinski definition) is 6. The molecule has 0 bridgehead atoms. The summed E-state index contributed by atoms with van der Waals surface area (Å²) < 4.78 is 27.6. The fourth-order valence-corrected chi connectivity index (χ4v) is 4.15. The Balaban J connectivity index is 2.31. The lowest BCUT2D eigenvalue weighted by Gasteiger charge is -2.16. The van der Waals surface area contributed by atoms with Gasteiger partial charge in [0, 0.05) is 11.1 Å². The Morgan fingerprint density at radius 2 is 2.20 bits per heavy atom. The number of hydrazine groups is 1. The number of nitrogen functional groups attached to an aromatic ring is 1. The smallest absolute Gasteiger partial charge is 0.244 e. The third kappa shape index (κ3) is 3.15. The first-order valence-electron chi connectivity index (χ1n) is 6.06. The largest absolute Gasteiger partial charge is 0.307 e. The number of pyridine rings is 1. The molecule has 0 fully saturated rings. The van der Waals surface area contributed by atoms with Gasteiger partial charge in [-0.15, -0.1) is 11.3 Å². The third-order valence-electron chi connectivity index (χ3n) is 2.79. The minimum absolute atomic E-state index is 0.0394. The van der Waals surface area contributed by atoms with Gasteiger partial charge in [-0.1, -0.05) is 13.0 Å². The summed E-state index contributed by atoms with van der Waals surface area (Å²) in [5.74, 6) is 5.43. The number of rotatable bonds is 6. The predicted octanol–water partition coefficient (Wildman–Crippen LogP) is 1.86. The van der Waals surface area contributed by atoms with Crippen molar-refractivity contribution in [2.24, 2.45) is 5.84 Å². The summed E-state index contributed by atoms with van der Waals surface area (Å²) in [7, 11) is -3.69. The molecule has 0 radical (unpaired) electrons. The Morgan fingerprint density at radius 3 is 2.80 bits per heavy atom. The molecule has 1 atom stereocenters. The maximum Gasteiger partial charge on any atom is 0.244 e. The summed E-state index contributed by atoms with van der Waals surface area (Å²) in [6.45, 7) is 1.93. The van der Waals surface area contributed by atoms with Gasteiger partial charge >= 0.3 is 0 Å². The van der Waals surface area contributed by atoms with E-state index in [1.165, 1.54) is 23.6 Å². The minimum Gasteiger partial charge on any atom is -0.307 e. The normalized spacial score (nSPS) is 13.1. The van der Waals surface area contributed by atoms with Crippen molar-refractivity contribution in [1.82, 2.24) is 9.71 Å². The Bertz CT molecular complexity index is 656. The molecule has 108 valence electrons. The van der Waals surface area contributed by atoms with Crippen LogP contribution in [0.4, 0.5) is 5.82 Å². The van der Waals surface area contributed by atoms with Gasteiger partial charge in [-0.2, -0.15) is 0 Å². The molecular formula is C12H16N4O2S2. The summed E-state index contributed by atoms with van der Waals surface area (Å²) in [6, 6.07) is 6.57. The highest BCUT2D eigenvalue weighted by atomic mass is 32.2. The van der Waals surface area contributed by atoms with Gasteiger partial charge in [-0.25, -0.2) is 24.0 Å². The monoisotopic (exact) mass is 312 g/mol.